The van der Waals surface area contributed by atoms with Crippen molar-refractivity contribution in [2.75, 3.05) is 26.3 Å². The molecular formula is C27H32N2O6. The smallest absolute Gasteiger partial charge is 0.407 e. The number of hydrogen-bond donors (Lipinski definition) is 3. The molecule has 0 saturated carbocycles. The summed E-state index contributed by atoms with van der Waals surface area (Å²) >= 11 is 0. The molecule has 3 N–H and O–H groups in total. The first-order valence-corrected chi connectivity index (χ1v) is 12.1. The molecule has 0 aromatic heterocycles. The Morgan fingerprint density at radius 1 is 1.03 bits per heavy atom. The lowest BCUT2D eigenvalue weighted by Crippen LogP contribution is -2.39. The molecule has 0 radical (unpaired) electrons. The number of benzene rings is 2. The highest BCUT2D eigenvalue weighted by molar-refractivity contribution is 5.80. The normalized spacial score (nSPS) is 19.6. The van der Waals surface area contributed by atoms with E-state index in [4.69, 9.17) is 9.47 Å². The first kappa shape index (κ1) is 24.7. The number of amides is 2. The van der Waals surface area contributed by atoms with Gasteiger partial charge in [0.1, 0.15) is 6.61 Å². The molecule has 3 unspecified atom stereocenters. The summed E-state index contributed by atoms with van der Waals surface area (Å²) < 4.78 is 11.2. The summed E-state index contributed by atoms with van der Waals surface area (Å²) in [6, 6.07) is 16.3. The zero-order chi connectivity index (χ0) is 24.9. The van der Waals surface area contributed by atoms with Crippen molar-refractivity contribution in [2.24, 2.45) is 17.8 Å². The van der Waals surface area contributed by atoms with E-state index in [-0.39, 0.29) is 56.1 Å². The number of ether oxygens (including phenoxy) is 2. The number of carbonyl (C=O) groups is 3. The van der Waals surface area contributed by atoms with Crippen molar-refractivity contribution in [3.05, 3.63) is 59.7 Å². The van der Waals surface area contributed by atoms with Crippen LogP contribution >= 0.6 is 0 Å². The molecule has 35 heavy (non-hydrogen) atoms. The number of alkyl carbamates (subject to hydrolysis) is 1. The Kier molecular flexibility index (Phi) is 7.70. The Hall–Kier alpha value is -3.39. The molecule has 186 valence electrons. The molecule has 0 bridgehead atoms. The van der Waals surface area contributed by atoms with Gasteiger partial charge in [0.2, 0.25) is 5.91 Å². The minimum Gasteiger partial charge on any atom is -0.481 e. The second-order valence-electron chi connectivity index (χ2n) is 9.53. The third-order valence-corrected chi connectivity index (χ3v) is 6.89. The van der Waals surface area contributed by atoms with Crippen molar-refractivity contribution in [2.45, 2.75) is 32.3 Å². The van der Waals surface area contributed by atoms with E-state index in [0.29, 0.717) is 6.42 Å². The van der Waals surface area contributed by atoms with Crippen LogP contribution in [0.1, 0.15) is 37.3 Å². The summed E-state index contributed by atoms with van der Waals surface area (Å²) in [6.45, 7) is 4.43. The zero-order valence-electron chi connectivity index (χ0n) is 20.0. The number of fused-ring (bicyclic) bond motifs is 3. The van der Waals surface area contributed by atoms with E-state index in [1.54, 1.807) is 0 Å². The monoisotopic (exact) mass is 480 g/mol. The average molecular weight is 481 g/mol. The molecule has 4 rings (SSSR count). The van der Waals surface area contributed by atoms with Crippen molar-refractivity contribution in [3.63, 3.8) is 0 Å². The molecular weight excluding hydrogens is 448 g/mol. The number of aliphatic carboxylic acids is 1. The predicted molar refractivity (Wildman–Crippen MR) is 130 cm³/mol. The van der Waals surface area contributed by atoms with Crippen LogP contribution in [0.3, 0.4) is 0 Å². The topological polar surface area (TPSA) is 114 Å². The Labute approximate surface area is 205 Å². The summed E-state index contributed by atoms with van der Waals surface area (Å²) in [5.74, 6) is -2.24. The van der Waals surface area contributed by atoms with Gasteiger partial charge in [0.05, 0.1) is 24.5 Å². The van der Waals surface area contributed by atoms with Crippen LogP contribution in [-0.2, 0) is 19.1 Å². The third kappa shape index (κ3) is 5.65. The van der Waals surface area contributed by atoms with Crippen LogP contribution < -0.4 is 10.6 Å². The molecule has 1 aliphatic heterocycles. The number of rotatable bonds is 9. The first-order valence-electron chi connectivity index (χ1n) is 12.1. The minimum absolute atomic E-state index is 0.00979. The van der Waals surface area contributed by atoms with Crippen LogP contribution in [0.5, 0.6) is 0 Å². The molecule has 2 aliphatic rings. The number of carbonyl (C=O) groups excluding carboxylic acids is 2. The van der Waals surface area contributed by atoms with Gasteiger partial charge in [0.25, 0.3) is 0 Å². The molecule has 8 nitrogen and oxygen atoms in total. The fourth-order valence-corrected chi connectivity index (χ4v) is 4.84. The maximum atomic E-state index is 12.4. The number of carboxylic acid groups (broad SMARTS) is 1. The highest BCUT2D eigenvalue weighted by atomic mass is 16.5. The minimum atomic E-state index is -0.923. The van der Waals surface area contributed by atoms with Crippen LogP contribution in [0.2, 0.25) is 0 Å². The Bertz CT molecular complexity index is 1040. The van der Waals surface area contributed by atoms with E-state index in [2.05, 4.69) is 34.9 Å². The van der Waals surface area contributed by atoms with Crippen molar-refractivity contribution in [1.82, 2.24) is 10.6 Å². The molecule has 1 heterocycles. The lowest BCUT2D eigenvalue weighted by Gasteiger charge is -2.18. The molecule has 8 heteroatoms. The Morgan fingerprint density at radius 2 is 1.66 bits per heavy atom. The van der Waals surface area contributed by atoms with Gasteiger partial charge in [0.15, 0.2) is 0 Å². The number of hydrogen-bond acceptors (Lipinski definition) is 5. The van der Waals surface area contributed by atoms with Crippen LogP contribution in [-0.4, -0.2) is 55.5 Å². The predicted octanol–water partition coefficient (Wildman–Crippen LogP) is 3.40. The van der Waals surface area contributed by atoms with Gasteiger partial charge in [-0.15, -0.1) is 0 Å². The third-order valence-electron chi connectivity index (χ3n) is 6.89. The van der Waals surface area contributed by atoms with Crippen LogP contribution in [0.4, 0.5) is 4.79 Å². The van der Waals surface area contributed by atoms with Gasteiger partial charge in [-0.2, -0.15) is 0 Å². The Balaban J connectivity index is 1.22. The van der Waals surface area contributed by atoms with Gasteiger partial charge in [-0.05, 0) is 34.6 Å². The van der Waals surface area contributed by atoms with E-state index in [0.717, 1.165) is 11.1 Å². The van der Waals surface area contributed by atoms with E-state index in [1.165, 1.54) is 11.1 Å². The van der Waals surface area contributed by atoms with Crippen LogP contribution in [0.15, 0.2) is 48.5 Å². The van der Waals surface area contributed by atoms with E-state index >= 15 is 0 Å². The first-order chi connectivity index (χ1) is 16.8. The summed E-state index contributed by atoms with van der Waals surface area (Å²) in [5, 5.41) is 14.7. The van der Waals surface area contributed by atoms with Crippen molar-refractivity contribution in [1.29, 1.82) is 0 Å². The standard InChI is InChI=1S/C27H32N2O6/c1-16(2)23(26(31)32)13-28-25(30)17-11-18(34-14-17)12-29-27(33)35-15-24-21-9-5-3-7-19(21)20-8-4-6-10-22(20)24/h3-10,16-18,23-24H,11-15H2,1-2H3,(H,28,30)(H,29,33)(H,31,32). The van der Waals surface area contributed by atoms with Crippen molar-refractivity contribution in [3.8, 4) is 11.1 Å². The molecule has 2 aromatic carbocycles. The average Bonchev–Trinajstić information content (AvgIpc) is 3.44. The highest BCUT2D eigenvalue weighted by Gasteiger charge is 2.33. The maximum Gasteiger partial charge on any atom is 0.407 e. The molecule has 1 saturated heterocycles. The second-order valence-corrected chi connectivity index (χ2v) is 9.53. The number of nitrogens with one attached hydrogen (secondary N) is 2. The van der Waals surface area contributed by atoms with Crippen molar-refractivity contribution < 1.29 is 29.0 Å². The van der Waals surface area contributed by atoms with Crippen molar-refractivity contribution >= 4 is 18.0 Å². The molecule has 3 atom stereocenters. The quantitative estimate of drug-likeness (QED) is 0.507. The van der Waals surface area contributed by atoms with E-state index in [1.807, 2.05) is 38.1 Å². The van der Waals surface area contributed by atoms with Gasteiger partial charge >= 0.3 is 12.1 Å². The summed E-state index contributed by atoms with van der Waals surface area (Å²) in [4.78, 5) is 36.1. The zero-order valence-corrected chi connectivity index (χ0v) is 20.0. The lowest BCUT2D eigenvalue weighted by molar-refractivity contribution is -0.143. The van der Waals surface area contributed by atoms with Crippen LogP contribution in [0.25, 0.3) is 11.1 Å². The molecule has 1 aliphatic carbocycles. The molecule has 0 spiro atoms. The van der Waals surface area contributed by atoms with Gasteiger partial charge < -0.3 is 25.2 Å². The molecule has 1 fully saturated rings. The summed E-state index contributed by atoms with van der Waals surface area (Å²) in [7, 11) is 0. The van der Waals surface area contributed by atoms with Gasteiger partial charge in [-0.1, -0.05) is 62.4 Å². The second kappa shape index (κ2) is 10.9. The summed E-state index contributed by atoms with van der Waals surface area (Å²) in [6.07, 6.45) is -0.370. The largest absolute Gasteiger partial charge is 0.481 e. The van der Waals surface area contributed by atoms with Gasteiger partial charge in [0, 0.05) is 19.0 Å². The summed E-state index contributed by atoms with van der Waals surface area (Å²) in [5.41, 5.74) is 4.64. The fourth-order valence-electron chi connectivity index (χ4n) is 4.84. The van der Waals surface area contributed by atoms with Gasteiger partial charge in [-0.25, -0.2) is 4.79 Å². The lowest BCUT2D eigenvalue weighted by atomic mass is 9.95. The Morgan fingerprint density at radius 3 is 2.26 bits per heavy atom. The fraction of sp³-hybridized carbons (Fsp3) is 0.444. The maximum absolute atomic E-state index is 12.4. The SMILES string of the molecule is CC(C)C(CNC(=O)C1COC(CNC(=O)OCC2c3ccccc3-c3ccccc32)C1)C(=O)O. The van der Waals surface area contributed by atoms with Gasteiger partial charge in [-0.3, -0.25) is 9.59 Å². The number of carboxylic acids is 1. The molecule has 2 aromatic rings. The van der Waals surface area contributed by atoms with E-state index in [9.17, 15) is 19.5 Å². The van der Waals surface area contributed by atoms with Crippen LogP contribution in [0, 0.1) is 17.8 Å². The van der Waals surface area contributed by atoms with E-state index < -0.39 is 18.0 Å². The highest BCUT2D eigenvalue weighted by Crippen LogP contribution is 2.44. The molecule has 2 amide bonds.